The summed E-state index contributed by atoms with van der Waals surface area (Å²) in [7, 11) is -3.11. The quantitative estimate of drug-likeness (QED) is 0.562. The molecule has 8 heteroatoms. The van der Waals surface area contributed by atoms with Gasteiger partial charge in [0.2, 0.25) is 10.0 Å². The van der Waals surface area contributed by atoms with Crippen LogP contribution in [0.25, 0.3) is 0 Å². The lowest BCUT2D eigenvalue weighted by atomic mass is 10.1. The largest absolute Gasteiger partial charge is 0.370 e. The monoisotopic (exact) mass is 315 g/mol. The van der Waals surface area contributed by atoms with Crippen LogP contribution in [-0.2, 0) is 16.4 Å². The van der Waals surface area contributed by atoms with Gasteiger partial charge in [0.1, 0.15) is 18.0 Å². The number of rotatable bonds is 10. The van der Waals surface area contributed by atoms with Gasteiger partial charge in [-0.05, 0) is 19.8 Å². The molecule has 0 aliphatic heterocycles. The Morgan fingerprint density at radius 2 is 1.76 bits per heavy atom. The topological polar surface area (TPSA) is 96.0 Å². The van der Waals surface area contributed by atoms with E-state index in [0.29, 0.717) is 19.5 Å². The summed E-state index contributed by atoms with van der Waals surface area (Å²) < 4.78 is 24.4. The fourth-order valence-electron chi connectivity index (χ4n) is 1.92. The normalized spacial score (nSPS) is 11.4. The smallest absolute Gasteiger partial charge is 0.208 e. The van der Waals surface area contributed by atoms with Gasteiger partial charge in [-0.2, -0.15) is 0 Å². The summed E-state index contributed by atoms with van der Waals surface area (Å²) in [4.78, 5) is 8.56. The number of aromatic nitrogens is 2. The Hall–Kier alpha value is -1.41. The molecule has 120 valence electrons. The van der Waals surface area contributed by atoms with Crippen LogP contribution in [-0.4, -0.2) is 44.3 Å². The van der Waals surface area contributed by atoms with Crippen molar-refractivity contribution in [3.63, 3.8) is 0 Å². The van der Waals surface area contributed by atoms with Gasteiger partial charge in [-0.1, -0.05) is 13.3 Å². The van der Waals surface area contributed by atoms with Crippen LogP contribution in [0.4, 0.5) is 11.6 Å². The minimum Gasteiger partial charge on any atom is -0.370 e. The lowest BCUT2D eigenvalue weighted by Gasteiger charge is -2.14. The molecule has 0 bridgehead atoms. The average molecular weight is 315 g/mol. The van der Waals surface area contributed by atoms with Gasteiger partial charge in [0.25, 0.3) is 0 Å². The van der Waals surface area contributed by atoms with Crippen molar-refractivity contribution in [1.82, 2.24) is 14.7 Å². The fraction of sp³-hybridized carbons (Fsp3) is 0.692. The molecular formula is C13H25N5O2S. The van der Waals surface area contributed by atoms with Crippen molar-refractivity contribution >= 4 is 21.7 Å². The van der Waals surface area contributed by atoms with Gasteiger partial charge in [0, 0.05) is 25.2 Å². The molecule has 0 amide bonds. The maximum atomic E-state index is 11.0. The van der Waals surface area contributed by atoms with Crippen LogP contribution >= 0.6 is 0 Å². The summed E-state index contributed by atoms with van der Waals surface area (Å²) in [5, 5.41) is 6.50. The van der Waals surface area contributed by atoms with Gasteiger partial charge in [0.05, 0.1) is 6.26 Å². The molecule has 1 heterocycles. The fourth-order valence-corrected chi connectivity index (χ4v) is 2.44. The molecule has 0 saturated heterocycles. The zero-order chi connectivity index (χ0) is 15.7. The number of anilines is 2. The molecule has 1 rings (SSSR count). The van der Waals surface area contributed by atoms with E-state index in [2.05, 4.69) is 32.2 Å². The van der Waals surface area contributed by atoms with E-state index in [-0.39, 0.29) is 0 Å². The first-order valence-electron chi connectivity index (χ1n) is 7.24. The van der Waals surface area contributed by atoms with E-state index in [1.54, 1.807) is 0 Å². The van der Waals surface area contributed by atoms with Gasteiger partial charge < -0.3 is 10.6 Å². The van der Waals surface area contributed by atoms with Crippen LogP contribution in [0.15, 0.2) is 6.33 Å². The van der Waals surface area contributed by atoms with Gasteiger partial charge in [-0.25, -0.2) is 23.1 Å². The van der Waals surface area contributed by atoms with Crippen molar-refractivity contribution in [2.24, 2.45) is 0 Å². The van der Waals surface area contributed by atoms with Gasteiger partial charge in [-0.3, -0.25) is 0 Å². The summed E-state index contributed by atoms with van der Waals surface area (Å²) in [6.45, 7) is 6.03. The SMILES string of the molecule is CCCc1c(NCC)ncnc1NCCCNS(C)(=O)=O. The average Bonchev–Trinajstić information content (AvgIpc) is 2.40. The second-order valence-electron chi connectivity index (χ2n) is 4.78. The number of nitrogens with one attached hydrogen (secondary N) is 3. The summed E-state index contributed by atoms with van der Waals surface area (Å²) in [6.07, 6.45) is 5.30. The van der Waals surface area contributed by atoms with E-state index in [1.807, 2.05) is 6.92 Å². The second-order valence-corrected chi connectivity index (χ2v) is 6.61. The molecule has 3 N–H and O–H groups in total. The Labute approximate surface area is 127 Å². The molecule has 1 aromatic rings. The number of hydrogen-bond acceptors (Lipinski definition) is 6. The first-order chi connectivity index (χ1) is 9.98. The standard InChI is InChI=1S/C13H25N5O2S/c1-4-7-11-12(14-5-2)16-10-17-13(11)15-8-6-9-18-21(3,19)20/h10,18H,4-9H2,1-3H3,(H2,14,15,16,17). The van der Waals surface area contributed by atoms with E-state index in [0.717, 1.165) is 42.8 Å². The lowest BCUT2D eigenvalue weighted by Crippen LogP contribution is -2.24. The van der Waals surface area contributed by atoms with Gasteiger partial charge >= 0.3 is 0 Å². The molecule has 0 radical (unpaired) electrons. The Kier molecular flexibility index (Phi) is 7.38. The molecule has 1 aromatic heterocycles. The van der Waals surface area contributed by atoms with Crippen LogP contribution in [0.3, 0.4) is 0 Å². The highest BCUT2D eigenvalue weighted by Gasteiger charge is 2.09. The van der Waals surface area contributed by atoms with Gasteiger partial charge in [0.15, 0.2) is 0 Å². The van der Waals surface area contributed by atoms with Crippen LogP contribution in [0.2, 0.25) is 0 Å². The number of sulfonamides is 1. The predicted molar refractivity (Wildman–Crippen MR) is 86.1 cm³/mol. The van der Waals surface area contributed by atoms with Crippen LogP contribution < -0.4 is 15.4 Å². The highest BCUT2D eigenvalue weighted by atomic mass is 32.2. The first kappa shape index (κ1) is 17.6. The molecule has 0 aliphatic carbocycles. The zero-order valence-corrected chi connectivity index (χ0v) is 13.8. The van der Waals surface area contributed by atoms with Crippen molar-refractivity contribution < 1.29 is 8.42 Å². The molecule has 0 aliphatic rings. The molecule has 0 spiro atoms. The van der Waals surface area contributed by atoms with Crippen molar-refractivity contribution in [1.29, 1.82) is 0 Å². The second kappa shape index (κ2) is 8.78. The molecule has 0 aromatic carbocycles. The zero-order valence-electron chi connectivity index (χ0n) is 12.9. The van der Waals surface area contributed by atoms with Crippen molar-refractivity contribution in [2.75, 3.05) is 36.5 Å². The van der Waals surface area contributed by atoms with E-state index in [9.17, 15) is 8.42 Å². The van der Waals surface area contributed by atoms with E-state index in [1.165, 1.54) is 6.33 Å². The van der Waals surface area contributed by atoms with E-state index >= 15 is 0 Å². The lowest BCUT2D eigenvalue weighted by molar-refractivity contribution is 0.586. The Bertz CT molecular complexity index is 533. The number of nitrogens with zero attached hydrogens (tertiary/aromatic N) is 2. The summed E-state index contributed by atoms with van der Waals surface area (Å²) in [5.41, 5.74) is 1.08. The third-order valence-corrected chi connectivity index (χ3v) is 3.53. The minimum atomic E-state index is -3.11. The van der Waals surface area contributed by atoms with Gasteiger partial charge in [-0.15, -0.1) is 0 Å². The minimum absolute atomic E-state index is 0.417. The maximum Gasteiger partial charge on any atom is 0.208 e. The van der Waals surface area contributed by atoms with Crippen molar-refractivity contribution in [3.05, 3.63) is 11.9 Å². The summed E-state index contributed by atoms with van der Waals surface area (Å²) in [5.74, 6) is 1.69. The third kappa shape index (κ3) is 6.72. The predicted octanol–water partition coefficient (Wildman–Crippen LogP) is 1.21. The molecule has 0 fully saturated rings. The van der Waals surface area contributed by atoms with Crippen LogP contribution in [0, 0.1) is 0 Å². The molecule has 0 atom stereocenters. The van der Waals surface area contributed by atoms with Crippen molar-refractivity contribution in [3.8, 4) is 0 Å². The molecular weight excluding hydrogens is 290 g/mol. The Morgan fingerprint density at radius 3 is 2.33 bits per heavy atom. The Balaban J connectivity index is 2.59. The van der Waals surface area contributed by atoms with E-state index < -0.39 is 10.0 Å². The highest BCUT2D eigenvalue weighted by Crippen LogP contribution is 2.21. The van der Waals surface area contributed by atoms with Crippen LogP contribution in [0.5, 0.6) is 0 Å². The summed E-state index contributed by atoms with van der Waals surface area (Å²) in [6, 6.07) is 0. The highest BCUT2D eigenvalue weighted by molar-refractivity contribution is 7.88. The maximum absolute atomic E-state index is 11.0. The first-order valence-corrected chi connectivity index (χ1v) is 9.13. The molecule has 0 unspecified atom stereocenters. The summed E-state index contributed by atoms with van der Waals surface area (Å²) >= 11 is 0. The van der Waals surface area contributed by atoms with Crippen LogP contribution in [0.1, 0.15) is 32.3 Å². The number of hydrogen-bond donors (Lipinski definition) is 3. The molecule has 7 nitrogen and oxygen atoms in total. The van der Waals surface area contributed by atoms with Crippen molar-refractivity contribution in [2.45, 2.75) is 33.1 Å². The molecule has 21 heavy (non-hydrogen) atoms. The Morgan fingerprint density at radius 1 is 1.10 bits per heavy atom. The molecule has 0 saturated carbocycles. The van der Waals surface area contributed by atoms with E-state index in [4.69, 9.17) is 0 Å². The third-order valence-electron chi connectivity index (χ3n) is 2.80.